The Labute approximate surface area is 242 Å². The van der Waals surface area contributed by atoms with Gasteiger partial charge in [-0.3, -0.25) is 24.0 Å². The van der Waals surface area contributed by atoms with E-state index in [0.29, 0.717) is 27.8 Å². The summed E-state index contributed by atoms with van der Waals surface area (Å²) in [6, 6.07) is 1.66. The summed E-state index contributed by atoms with van der Waals surface area (Å²) in [6.45, 7) is 21.0. The van der Waals surface area contributed by atoms with Crippen molar-refractivity contribution in [3.63, 3.8) is 0 Å². The van der Waals surface area contributed by atoms with Gasteiger partial charge in [-0.1, -0.05) is 73.5 Å². The summed E-state index contributed by atoms with van der Waals surface area (Å²) in [4.78, 5) is 69.3. The van der Waals surface area contributed by atoms with Crippen molar-refractivity contribution in [3.8, 4) is 5.75 Å². The van der Waals surface area contributed by atoms with Crippen molar-refractivity contribution in [3.05, 3.63) is 39.5 Å². The van der Waals surface area contributed by atoms with Gasteiger partial charge in [0.05, 0.1) is 11.5 Å². The van der Waals surface area contributed by atoms with Crippen molar-refractivity contribution in [2.45, 2.75) is 100 Å². The smallest absolute Gasteiger partial charge is 0.192 e. The lowest BCUT2D eigenvalue weighted by molar-refractivity contribution is -0.197. The Hall–Kier alpha value is -2.93. The summed E-state index contributed by atoms with van der Waals surface area (Å²) >= 11 is 0. The summed E-state index contributed by atoms with van der Waals surface area (Å²) in [5, 5.41) is 24.0. The zero-order valence-corrected chi connectivity index (χ0v) is 26.4. The molecule has 4 rings (SSSR count). The average molecular weight is 565 g/mol. The average Bonchev–Trinajstić information content (AvgIpc) is 2.82. The van der Waals surface area contributed by atoms with E-state index < -0.39 is 68.7 Å². The number of phenols is 1. The van der Waals surface area contributed by atoms with E-state index in [1.54, 1.807) is 19.9 Å². The van der Waals surface area contributed by atoms with Crippen LogP contribution in [0.4, 0.5) is 0 Å². The molecule has 0 aromatic heterocycles. The minimum atomic E-state index is -2.63. The summed E-state index contributed by atoms with van der Waals surface area (Å²) in [7, 11) is 0. The van der Waals surface area contributed by atoms with E-state index >= 15 is 0 Å². The molecule has 1 fully saturated rings. The van der Waals surface area contributed by atoms with Gasteiger partial charge in [-0.15, -0.1) is 0 Å². The number of ketones is 5. The van der Waals surface area contributed by atoms with Crippen LogP contribution in [0.3, 0.4) is 0 Å². The number of hydrogen-bond acceptors (Lipinski definition) is 7. The van der Waals surface area contributed by atoms with Gasteiger partial charge in [0.15, 0.2) is 28.7 Å². The van der Waals surface area contributed by atoms with E-state index in [0.717, 1.165) is 0 Å². The predicted molar refractivity (Wildman–Crippen MR) is 155 cm³/mol. The second-order valence-electron chi connectivity index (χ2n) is 14.5. The molecule has 7 heteroatoms. The van der Waals surface area contributed by atoms with Gasteiger partial charge in [-0.05, 0) is 61.0 Å². The van der Waals surface area contributed by atoms with Crippen molar-refractivity contribution in [2.75, 3.05) is 0 Å². The molecule has 7 atom stereocenters. The summed E-state index contributed by atoms with van der Waals surface area (Å²) in [6.07, 6.45) is 0. The fourth-order valence-corrected chi connectivity index (χ4v) is 8.98. The first-order valence-corrected chi connectivity index (χ1v) is 14.5. The zero-order valence-electron chi connectivity index (χ0n) is 26.4. The van der Waals surface area contributed by atoms with Crippen LogP contribution in [0.2, 0.25) is 0 Å². The van der Waals surface area contributed by atoms with Crippen LogP contribution >= 0.6 is 0 Å². The molecule has 1 saturated carbocycles. The van der Waals surface area contributed by atoms with Crippen molar-refractivity contribution in [1.29, 1.82) is 0 Å². The molecule has 3 aliphatic carbocycles. The number of rotatable bonds is 3. The molecular weight excluding hydrogens is 520 g/mol. The maximum Gasteiger partial charge on any atom is 0.192 e. The number of hydrogen-bond donors (Lipinski definition) is 2. The summed E-state index contributed by atoms with van der Waals surface area (Å²) in [5.41, 5.74) is -3.57. The minimum Gasteiger partial charge on any atom is -0.507 e. The third-order valence-corrected chi connectivity index (χ3v) is 11.2. The fourth-order valence-electron chi connectivity index (χ4n) is 8.98. The number of carbonyl (C=O) groups is 5. The Morgan fingerprint density at radius 3 is 1.98 bits per heavy atom. The predicted octanol–water partition coefficient (Wildman–Crippen LogP) is 5.53. The quantitative estimate of drug-likeness (QED) is 0.281. The highest BCUT2D eigenvalue weighted by molar-refractivity contribution is 6.27. The van der Waals surface area contributed by atoms with E-state index in [4.69, 9.17) is 0 Å². The van der Waals surface area contributed by atoms with Gasteiger partial charge in [0.1, 0.15) is 17.5 Å². The van der Waals surface area contributed by atoms with Crippen LogP contribution in [0.15, 0.2) is 17.2 Å². The van der Waals surface area contributed by atoms with E-state index in [1.165, 1.54) is 13.8 Å². The second-order valence-corrected chi connectivity index (χ2v) is 14.5. The van der Waals surface area contributed by atoms with Crippen LogP contribution in [-0.2, 0) is 19.8 Å². The highest BCUT2D eigenvalue weighted by atomic mass is 16.3. The molecule has 7 nitrogen and oxygen atoms in total. The van der Waals surface area contributed by atoms with Crippen LogP contribution in [-0.4, -0.2) is 44.7 Å². The maximum absolute atomic E-state index is 14.7. The molecule has 2 N–H and O–H groups in total. The molecule has 1 aromatic rings. The number of carbonyl (C=O) groups excluding carboxylic acids is 5. The van der Waals surface area contributed by atoms with Gasteiger partial charge in [0.25, 0.3) is 0 Å². The van der Waals surface area contributed by atoms with Gasteiger partial charge in [0, 0.05) is 16.5 Å². The summed E-state index contributed by atoms with van der Waals surface area (Å²) in [5.74, 6) is -7.73. The molecule has 41 heavy (non-hydrogen) atoms. The number of allylic oxidation sites excluding steroid dienone is 1. The highest BCUT2D eigenvalue weighted by Gasteiger charge is 2.77. The standard InChI is InChI=1S/C34H44O7/c1-14(2)25-15(3)22(18(6)36)29(39)34(41)30(40)26-28(38)24-23(16(4)32(26,11)19(7)33(25,34)12)20(17(5)35)13-21(27(24)37)31(8,9)10/h13-14,16,19,22,26,37,41H,1-12H3/t16-,19-,22?,26?,32-,33-,34+/m0/s1. The minimum absolute atomic E-state index is 0.0902. The lowest BCUT2D eigenvalue weighted by atomic mass is 9.36. The van der Waals surface area contributed by atoms with Crippen LogP contribution in [0.1, 0.15) is 121 Å². The third kappa shape index (κ3) is 3.50. The van der Waals surface area contributed by atoms with Crippen molar-refractivity contribution >= 4 is 28.9 Å². The molecule has 0 heterocycles. The molecule has 1 aromatic carbocycles. The number of aliphatic hydroxyl groups is 1. The number of benzene rings is 1. The Balaban J connectivity index is 2.17. The van der Waals surface area contributed by atoms with Crippen molar-refractivity contribution in [2.24, 2.45) is 34.5 Å². The van der Waals surface area contributed by atoms with Crippen LogP contribution in [0, 0.1) is 34.5 Å². The van der Waals surface area contributed by atoms with E-state index in [9.17, 15) is 34.2 Å². The molecule has 3 aliphatic rings. The van der Waals surface area contributed by atoms with Gasteiger partial charge in [-0.2, -0.15) is 0 Å². The molecule has 2 unspecified atom stereocenters. The number of phenolic OH excluding ortho intramolecular Hbond substituents is 1. The van der Waals surface area contributed by atoms with Crippen LogP contribution in [0.5, 0.6) is 5.75 Å². The van der Waals surface area contributed by atoms with E-state index in [2.05, 4.69) is 0 Å². The molecule has 0 bridgehead atoms. The number of fused-ring (bicyclic) bond motifs is 3. The first-order valence-electron chi connectivity index (χ1n) is 14.5. The van der Waals surface area contributed by atoms with Gasteiger partial charge < -0.3 is 10.2 Å². The van der Waals surface area contributed by atoms with Crippen LogP contribution < -0.4 is 0 Å². The normalized spacial score (nSPS) is 35.3. The van der Waals surface area contributed by atoms with Crippen LogP contribution in [0.25, 0.3) is 0 Å². The first kappa shape index (κ1) is 31.0. The number of aromatic hydroxyl groups is 1. The van der Waals surface area contributed by atoms with E-state index in [-0.39, 0.29) is 23.0 Å². The Bertz CT molecular complexity index is 1470. The fraction of sp³-hybridized carbons (Fsp3) is 0.618. The molecule has 0 radical (unpaired) electrons. The topological polar surface area (TPSA) is 126 Å². The zero-order chi connectivity index (χ0) is 31.5. The Kier molecular flexibility index (Phi) is 6.83. The SMILES string of the molecule is CC(=O)c1cc(C(C)(C)C)c(O)c2c1[C@H](C)[C@]1(C)C(C2=O)C(=O)[C@]2(O)C(=O)C(C(C)=O)C(C)=C(C(C)C)[C@]2(C)[C@H]1C. The maximum atomic E-state index is 14.7. The Morgan fingerprint density at radius 1 is 1.00 bits per heavy atom. The molecular formula is C34H44O7. The summed E-state index contributed by atoms with van der Waals surface area (Å²) < 4.78 is 0. The van der Waals surface area contributed by atoms with Crippen molar-refractivity contribution in [1.82, 2.24) is 0 Å². The third-order valence-electron chi connectivity index (χ3n) is 11.2. The first-order chi connectivity index (χ1) is 18.5. The highest BCUT2D eigenvalue weighted by Crippen LogP contribution is 2.69. The van der Waals surface area contributed by atoms with Gasteiger partial charge >= 0.3 is 0 Å². The van der Waals surface area contributed by atoms with Crippen molar-refractivity contribution < 1.29 is 34.2 Å². The van der Waals surface area contributed by atoms with Gasteiger partial charge in [0.2, 0.25) is 0 Å². The molecule has 0 saturated heterocycles. The molecule has 0 amide bonds. The number of Topliss-reactive ketones (excluding diaryl/α,β-unsaturated/α-hetero) is 5. The lowest BCUT2D eigenvalue weighted by Crippen LogP contribution is -2.76. The van der Waals surface area contributed by atoms with E-state index in [1.807, 2.05) is 55.4 Å². The lowest BCUT2D eigenvalue weighted by Gasteiger charge is -2.65. The largest absolute Gasteiger partial charge is 0.507 e. The second kappa shape index (κ2) is 9.03. The monoisotopic (exact) mass is 564 g/mol. The van der Waals surface area contributed by atoms with Gasteiger partial charge in [-0.25, -0.2) is 0 Å². The Morgan fingerprint density at radius 2 is 1.54 bits per heavy atom. The molecule has 222 valence electrons. The molecule has 0 spiro atoms. The molecule has 0 aliphatic heterocycles.